The van der Waals surface area contributed by atoms with E-state index in [1.807, 2.05) is 62.5 Å². The van der Waals surface area contributed by atoms with Crippen molar-refractivity contribution in [1.29, 1.82) is 0 Å². The van der Waals surface area contributed by atoms with Crippen molar-refractivity contribution in [1.82, 2.24) is 0 Å². The standard InChI is InChI=1S/C14H18/c1-5-9-11-13(7-3)14(8-4)12-10-6-2/h5-12H,3-4H2,1-2H3/b9-5-,10-6-,13-11?,14-12?. The van der Waals surface area contributed by atoms with Crippen LogP contribution in [0.4, 0.5) is 0 Å². The second kappa shape index (κ2) is 8.06. The molecule has 0 radical (unpaired) electrons. The smallest absolute Gasteiger partial charge is 0.0190 e. The Hall–Kier alpha value is -1.56. The first-order valence-electron chi connectivity index (χ1n) is 4.71. The number of rotatable bonds is 5. The second-order valence-corrected chi connectivity index (χ2v) is 2.70. The van der Waals surface area contributed by atoms with Crippen molar-refractivity contribution < 1.29 is 0 Å². The van der Waals surface area contributed by atoms with E-state index < -0.39 is 0 Å². The lowest BCUT2D eigenvalue weighted by atomic mass is 10.1. The van der Waals surface area contributed by atoms with Crippen molar-refractivity contribution >= 4 is 0 Å². The van der Waals surface area contributed by atoms with E-state index in [0.717, 1.165) is 11.1 Å². The first kappa shape index (κ1) is 12.4. The summed E-state index contributed by atoms with van der Waals surface area (Å²) in [6.45, 7) is 11.5. The maximum atomic E-state index is 3.78. The summed E-state index contributed by atoms with van der Waals surface area (Å²) in [5.41, 5.74) is 2.16. The molecule has 0 saturated heterocycles. The fourth-order valence-electron chi connectivity index (χ4n) is 0.964. The van der Waals surface area contributed by atoms with Crippen molar-refractivity contribution in [2.45, 2.75) is 13.8 Å². The van der Waals surface area contributed by atoms with Crippen LogP contribution in [0.3, 0.4) is 0 Å². The molecule has 0 bridgehead atoms. The van der Waals surface area contributed by atoms with Gasteiger partial charge in [0, 0.05) is 0 Å². The van der Waals surface area contributed by atoms with Gasteiger partial charge in [-0.1, -0.05) is 61.8 Å². The average molecular weight is 186 g/mol. The molecule has 0 unspecified atom stereocenters. The molecule has 0 aromatic carbocycles. The molecular formula is C14H18. The molecule has 0 aliphatic rings. The van der Waals surface area contributed by atoms with Crippen molar-refractivity contribution in [3.8, 4) is 0 Å². The van der Waals surface area contributed by atoms with Crippen molar-refractivity contribution in [3.05, 3.63) is 72.9 Å². The Kier molecular flexibility index (Phi) is 7.16. The van der Waals surface area contributed by atoms with Gasteiger partial charge in [0.05, 0.1) is 0 Å². The number of allylic oxidation sites excluding steroid dienone is 10. The molecule has 0 N–H and O–H groups in total. The van der Waals surface area contributed by atoms with Gasteiger partial charge in [0.1, 0.15) is 0 Å². The Bertz CT molecular complexity index is 264. The van der Waals surface area contributed by atoms with Gasteiger partial charge in [-0.05, 0) is 25.0 Å². The quantitative estimate of drug-likeness (QED) is 0.559. The van der Waals surface area contributed by atoms with Gasteiger partial charge in [0.2, 0.25) is 0 Å². The van der Waals surface area contributed by atoms with E-state index in [2.05, 4.69) is 13.2 Å². The molecule has 0 aliphatic carbocycles. The minimum absolute atomic E-state index is 1.08. The van der Waals surface area contributed by atoms with E-state index in [9.17, 15) is 0 Å². The van der Waals surface area contributed by atoms with Gasteiger partial charge in [-0.15, -0.1) is 0 Å². The summed E-state index contributed by atoms with van der Waals surface area (Å²) in [5.74, 6) is 0. The van der Waals surface area contributed by atoms with Crippen LogP contribution < -0.4 is 0 Å². The molecule has 0 aliphatic heterocycles. The molecule has 14 heavy (non-hydrogen) atoms. The van der Waals surface area contributed by atoms with Crippen LogP contribution in [0, 0.1) is 0 Å². The second-order valence-electron chi connectivity index (χ2n) is 2.70. The van der Waals surface area contributed by atoms with Gasteiger partial charge in [-0.3, -0.25) is 0 Å². The molecule has 0 fully saturated rings. The minimum Gasteiger partial charge on any atom is -0.0984 e. The van der Waals surface area contributed by atoms with Crippen LogP contribution >= 0.6 is 0 Å². The van der Waals surface area contributed by atoms with Gasteiger partial charge in [0.15, 0.2) is 0 Å². The molecule has 74 valence electrons. The predicted octanol–water partition coefficient (Wildman–Crippen LogP) is 4.36. The van der Waals surface area contributed by atoms with Crippen LogP contribution in [0.5, 0.6) is 0 Å². The van der Waals surface area contributed by atoms with Crippen LogP contribution in [-0.4, -0.2) is 0 Å². The normalized spacial score (nSPS) is 13.9. The Morgan fingerprint density at radius 2 is 1.14 bits per heavy atom. The predicted molar refractivity (Wildman–Crippen MR) is 66.2 cm³/mol. The Labute approximate surface area is 87.3 Å². The van der Waals surface area contributed by atoms with Gasteiger partial charge in [0.25, 0.3) is 0 Å². The van der Waals surface area contributed by atoms with E-state index >= 15 is 0 Å². The minimum atomic E-state index is 1.08. The summed E-state index contributed by atoms with van der Waals surface area (Å²) in [6, 6.07) is 0. The van der Waals surface area contributed by atoms with Crippen molar-refractivity contribution in [2.24, 2.45) is 0 Å². The summed E-state index contributed by atoms with van der Waals surface area (Å²) in [5, 5.41) is 0. The van der Waals surface area contributed by atoms with Crippen LogP contribution in [0.15, 0.2) is 72.9 Å². The zero-order valence-electron chi connectivity index (χ0n) is 9.03. The van der Waals surface area contributed by atoms with Crippen molar-refractivity contribution in [3.63, 3.8) is 0 Å². The summed E-state index contributed by atoms with van der Waals surface area (Å²) in [6.07, 6.45) is 15.6. The van der Waals surface area contributed by atoms with Gasteiger partial charge in [-0.25, -0.2) is 0 Å². The molecule has 0 aromatic rings. The van der Waals surface area contributed by atoms with E-state index in [0.29, 0.717) is 0 Å². The summed E-state index contributed by atoms with van der Waals surface area (Å²) in [4.78, 5) is 0. The molecule has 0 nitrogen and oxygen atoms in total. The Morgan fingerprint density at radius 3 is 1.36 bits per heavy atom. The fourth-order valence-corrected chi connectivity index (χ4v) is 0.964. The van der Waals surface area contributed by atoms with Crippen LogP contribution in [0.1, 0.15) is 13.8 Å². The maximum Gasteiger partial charge on any atom is -0.0190 e. The highest BCUT2D eigenvalue weighted by Gasteiger charge is 1.93. The zero-order valence-corrected chi connectivity index (χ0v) is 9.03. The highest BCUT2D eigenvalue weighted by Crippen LogP contribution is 2.12. The lowest BCUT2D eigenvalue weighted by molar-refractivity contribution is 1.54. The van der Waals surface area contributed by atoms with E-state index in [4.69, 9.17) is 0 Å². The third-order valence-corrected chi connectivity index (χ3v) is 1.71. The lowest BCUT2D eigenvalue weighted by Crippen LogP contribution is -1.80. The molecule has 0 amide bonds. The van der Waals surface area contributed by atoms with Crippen LogP contribution in [-0.2, 0) is 0 Å². The molecular weight excluding hydrogens is 168 g/mol. The lowest BCUT2D eigenvalue weighted by Gasteiger charge is -2.00. The molecule has 0 spiro atoms. The topological polar surface area (TPSA) is 0 Å². The molecule has 0 aromatic heterocycles. The molecule has 0 atom stereocenters. The highest BCUT2D eigenvalue weighted by molar-refractivity contribution is 5.48. The maximum absolute atomic E-state index is 3.78. The monoisotopic (exact) mass is 186 g/mol. The zero-order chi connectivity index (χ0) is 10.8. The first-order valence-corrected chi connectivity index (χ1v) is 4.71. The van der Waals surface area contributed by atoms with Crippen LogP contribution in [0.25, 0.3) is 0 Å². The summed E-state index contributed by atoms with van der Waals surface area (Å²) < 4.78 is 0. The van der Waals surface area contributed by atoms with Crippen LogP contribution in [0.2, 0.25) is 0 Å². The SMILES string of the molecule is C=CC(=C/C=C\C)C(C=C)=C/C=C\C. The highest BCUT2D eigenvalue weighted by atomic mass is 14.0. The Morgan fingerprint density at radius 1 is 0.786 bits per heavy atom. The van der Waals surface area contributed by atoms with Gasteiger partial charge in [-0.2, -0.15) is 0 Å². The summed E-state index contributed by atoms with van der Waals surface area (Å²) in [7, 11) is 0. The number of hydrogen-bond acceptors (Lipinski definition) is 0. The van der Waals surface area contributed by atoms with E-state index in [1.54, 1.807) is 0 Å². The Balaban J connectivity index is 4.96. The number of hydrogen-bond donors (Lipinski definition) is 0. The van der Waals surface area contributed by atoms with Gasteiger partial charge < -0.3 is 0 Å². The van der Waals surface area contributed by atoms with Gasteiger partial charge >= 0.3 is 0 Å². The average Bonchev–Trinajstić information content (AvgIpc) is 2.23. The molecule has 0 rings (SSSR count). The van der Waals surface area contributed by atoms with E-state index in [1.165, 1.54) is 0 Å². The third kappa shape index (κ3) is 4.46. The third-order valence-electron chi connectivity index (χ3n) is 1.71. The van der Waals surface area contributed by atoms with Crippen molar-refractivity contribution in [2.75, 3.05) is 0 Å². The molecule has 0 heterocycles. The largest absolute Gasteiger partial charge is 0.0984 e. The molecule has 0 heteroatoms. The fraction of sp³-hybridized carbons (Fsp3) is 0.143. The summed E-state index contributed by atoms with van der Waals surface area (Å²) >= 11 is 0. The first-order chi connectivity index (χ1) is 6.79. The molecule has 0 saturated carbocycles. The van der Waals surface area contributed by atoms with E-state index in [-0.39, 0.29) is 0 Å².